The van der Waals surface area contributed by atoms with Crippen molar-refractivity contribution in [2.75, 3.05) is 6.26 Å². The van der Waals surface area contributed by atoms with E-state index in [1.165, 1.54) is 11.3 Å². The summed E-state index contributed by atoms with van der Waals surface area (Å²) < 4.78 is 23.7. The van der Waals surface area contributed by atoms with Crippen molar-refractivity contribution < 1.29 is 18.3 Å². The van der Waals surface area contributed by atoms with Gasteiger partial charge in [0, 0.05) is 11.0 Å². The fourth-order valence-electron chi connectivity index (χ4n) is 1.59. The van der Waals surface area contributed by atoms with Gasteiger partial charge in [0.15, 0.2) is 9.84 Å². The summed E-state index contributed by atoms with van der Waals surface area (Å²) in [7, 11) is -3.26. The first kappa shape index (κ1) is 12.1. The van der Waals surface area contributed by atoms with Crippen molar-refractivity contribution in [3.05, 3.63) is 29.1 Å². The minimum atomic E-state index is -3.26. The maximum atomic E-state index is 11.4. The molecule has 0 radical (unpaired) electrons. The first-order chi connectivity index (χ1) is 7.88. The van der Waals surface area contributed by atoms with Crippen LogP contribution in [0, 0.1) is 0 Å². The number of fused-ring (bicyclic) bond motifs is 1. The van der Waals surface area contributed by atoms with Crippen molar-refractivity contribution in [3.63, 3.8) is 0 Å². The fourth-order valence-corrected chi connectivity index (χ4v) is 3.18. The summed E-state index contributed by atoms with van der Waals surface area (Å²) >= 11 is 1.42. The second kappa shape index (κ2) is 4.12. The van der Waals surface area contributed by atoms with Crippen LogP contribution in [0.25, 0.3) is 10.1 Å². The minimum Gasteiger partial charge on any atom is -0.481 e. The van der Waals surface area contributed by atoms with E-state index < -0.39 is 15.8 Å². The zero-order valence-electron chi connectivity index (χ0n) is 9.00. The van der Waals surface area contributed by atoms with E-state index in [2.05, 4.69) is 0 Å². The summed E-state index contributed by atoms with van der Waals surface area (Å²) in [5, 5.41) is 11.2. The van der Waals surface area contributed by atoms with E-state index in [9.17, 15) is 13.2 Å². The lowest BCUT2D eigenvalue weighted by Crippen LogP contribution is -2.00. The van der Waals surface area contributed by atoms with Crippen molar-refractivity contribution in [1.82, 2.24) is 0 Å². The van der Waals surface area contributed by atoms with Crippen LogP contribution < -0.4 is 0 Å². The molecule has 0 aliphatic rings. The van der Waals surface area contributed by atoms with Crippen LogP contribution in [-0.4, -0.2) is 25.7 Å². The smallest absolute Gasteiger partial charge is 0.307 e. The number of thiophene rings is 1. The summed E-state index contributed by atoms with van der Waals surface area (Å²) in [4.78, 5) is 10.9. The van der Waals surface area contributed by atoms with Crippen LogP contribution in [0.4, 0.5) is 0 Å². The largest absolute Gasteiger partial charge is 0.481 e. The second-order valence-electron chi connectivity index (χ2n) is 3.76. The van der Waals surface area contributed by atoms with Crippen molar-refractivity contribution in [2.24, 2.45) is 0 Å². The van der Waals surface area contributed by atoms with Crippen molar-refractivity contribution in [2.45, 2.75) is 11.3 Å². The van der Waals surface area contributed by atoms with E-state index in [1.54, 1.807) is 23.6 Å². The molecule has 1 N–H and O–H groups in total. The molecule has 6 heteroatoms. The molecule has 1 heterocycles. The van der Waals surface area contributed by atoms with Crippen LogP contribution in [0.5, 0.6) is 0 Å². The predicted octanol–water partition coefficient (Wildman–Crippen LogP) is 1.93. The van der Waals surface area contributed by atoms with E-state index in [0.29, 0.717) is 10.9 Å². The Morgan fingerprint density at radius 2 is 2.12 bits per heavy atom. The highest BCUT2D eigenvalue weighted by molar-refractivity contribution is 7.90. The van der Waals surface area contributed by atoms with E-state index in [0.717, 1.165) is 11.0 Å². The maximum absolute atomic E-state index is 11.4. The lowest BCUT2D eigenvalue weighted by molar-refractivity contribution is -0.136. The van der Waals surface area contributed by atoms with Gasteiger partial charge < -0.3 is 5.11 Å². The monoisotopic (exact) mass is 270 g/mol. The fraction of sp³-hybridized carbons (Fsp3) is 0.182. The Labute approximate surface area is 102 Å². The quantitative estimate of drug-likeness (QED) is 0.925. The third-order valence-corrected chi connectivity index (χ3v) is 4.52. The van der Waals surface area contributed by atoms with Gasteiger partial charge in [0.25, 0.3) is 0 Å². The lowest BCUT2D eigenvalue weighted by Gasteiger charge is -2.00. The van der Waals surface area contributed by atoms with Gasteiger partial charge in [-0.25, -0.2) is 8.42 Å². The van der Waals surface area contributed by atoms with Gasteiger partial charge in [-0.1, -0.05) is 0 Å². The van der Waals surface area contributed by atoms with Gasteiger partial charge in [-0.05, 0) is 34.5 Å². The number of carbonyl (C=O) groups is 1. The first-order valence-corrected chi connectivity index (χ1v) is 7.57. The Hall–Kier alpha value is -1.40. The third-order valence-electron chi connectivity index (χ3n) is 2.39. The van der Waals surface area contributed by atoms with Crippen LogP contribution in [0.1, 0.15) is 5.56 Å². The average Bonchev–Trinajstić information content (AvgIpc) is 2.59. The summed E-state index contributed by atoms with van der Waals surface area (Å²) in [6.45, 7) is 0. The lowest BCUT2D eigenvalue weighted by atomic mass is 10.1. The summed E-state index contributed by atoms with van der Waals surface area (Å²) in [6, 6.07) is 4.79. The number of carboxylic acids is 1. The molecule has 0 saturated carbocycles. The molecule has 0 amide bonds. The summed E-state index contributed by atoms with van der Waals surface area (Å²) in [6.07, 6.45) is 1.05. The molecular weight excluding hydrogens is 260 g/mol. The second-order valence-corrected chi connectivity index (χ2v) is 6.69. The topological polar surface area (TPSA) is 71.4 Å². The predicted molar refractivity (Wildman–Crippen MR) is 66.3 cm³/mol. The molecular formula is C11H10O4S2. The molecule has 1 aromatic carbocycles. The van der Waals surface area contributed by atoms with E-state index >= 15 is 0 Å². The molecule has 0 spiro atoms. The Balaban J connectivity index is 2.62. The van der Waals surface area contributed by atoms with Crippen LogP contribution >= 0.6 is 11.3 Å². The Morgan fingerprint density at radius 3 is 2.71 bits per heavy atom. The van der Waals surface area contributed by atoms with Crippen LogP contribution in [0.15, 0.2) is 28.5 Å². The minimum absolute atomic E-state index is 0.0901. The van der Waals surface area contributed by atoms with Crippen molar-refractivity contribution in [1.29, 1.82) is 0 Å². The summed E-state index contributed by atoms with van der Waals surface area (Å²) in [5.74, 6) is -0.922. The van der Waals surface area contributed by atoms with Crippen LogP contribution in [0.3, 0.4) is 0 Å². The molecule has 0 fully saturated rings. The molecule has 4 nitrogen and oxygen atoms in total. The SMILES string of the molecule is CS(=O)(=O)c1ccc2scc(CC(=O)O)c2c1. The summed E-state index contributed by atoms with van der Waals surface area (Å²) in [5.41, 5.74) is 0.656. The third kappa shape index (κ3) is 2.48. The Bertz CT molecular complexity index is 683. The molecule has 0 aliphatic carbocycles. The van der Waals surface area contributed by atoms with Gasteiger partial charge in [0.1, 0.15) is 0 Å². The van der Waals surface area contributed by atoms with Crippen LogP contribution in [-0.2, 0) is 21.1 Å². The number of aliphatic carboxylic acids is 1. The van der Waals surface area contributed by atoms with Crippen molar-refractivity contribution >= 4 is 37.2 Å². The zero-order chi connectivity index (χ0) is 12.6. The Morgan fingerprint density at radius 1 is 1.41 bits per heavy atom. The van der Waals surface area contributed by atoms with E-state index in [4.69, 9.17) is 5.11 Å². The molecule has 0 atom stereocenters. The van der Waals surface area contributed by atoms with Gasteiger partial charge in [-0.2, -0.15) is 0 Å². The van der Waals surface area contributed by atoms with E-state index in [-0.39, 0.29) is 11.3 Å². The maximum Gasteiger partial charge on any atom is 0.307 e. The number of benzene rings is 1. The van der Waals surface area contributed by atoms with Gasteiger partial charge in [-0.3, -0.25) is 4.79 Å². The molecule has 0 aliphatic heterocycles. The van der Waals surface area contributed by atoms with Gasteiger partial charge in [-0.15, -0.1) is 11.3 Å². The van der Waals surface area contributed by atoms with Crippen molar-refractivity contribution in [3.8, 4) is 0 Å². The highest BCUT2D eigenvalue weighted by Gasteiger charge is 2.12. The normalized spacial score (nSPS) is 11.8. The number of hydrogen-bond donors (Lipinski definition) is 1. The highest BCUT2D eigenvalue weighted by atomic mass is 32.2. The number of carboxylic acid groups (broad SMARTS) is 1. The Kier molecular flexibility index (Phi) is 2.92. The van der Waals surface area contributed by atoms with Gasteiger partial charge >= 0.3 is 5.97 Å². The molecule has 90 valence electrons. The number of hydrogen-bond acceptors (Lipinski definition) is 4. The number of sulfone groups is 1. The van der Waals surface area contributed by atoms with Gasteiger partial charge in [0.2, 0.25) is 0 Å². The van der Waals surface area contributed by atoms with Crippen LogP contribution in [0.2, 0.25) is 0 Å². The number of rotatable bonds is 3. The molecule has 2 aromatic rings. The van der Waals surface area contributed by atoms with Gasteiger partial charge in [0.05, 0.1) is 11.3 Å². The molecule has 0 unspecified atom stereocenters. The molecule has 0 bridgehead atoms. The molecule has 0 saturated heterocycles. The molecule has 2 rings (SSSR count). The highest BCUT2D eigenvalue weighted by Crippen LogP contribution is 2.28. The zero-order valence-corrected chi connectivity index (χ0v) is 10.6. The molecule has 1 aromatic heterocycles. The van der Waals surface area contributed by atoms with E-state index in [1.807, 2.05) is 0 Å². The standard InChI is InChI=1S/C11H10O4S2/c1-17(14,15)8-2-3-10-9(5-8)7(6-16-10)4-11(12)13/h2-3,5-6H,4H2,1H3,(H,12,13). The first-order valence-electron chi connectivity index (χ1n) is 4.80. The average molecular weight is 270 g/mol. The molecule has 17 heavy (non-hydrogen) atoms.